The zero-order chi connectivity index (χ0) is 19.2. The van der Waals surface area contributed by atoms with Gasteiger partial charge in [-0.2, -0.15) is 4.68 Å². The molecule has 1 unspecified atom stereocenters. The lowest BCUT2D eigenvalue weighted by Gasteiger charge is -2.32. The number of aromatic nitrogens is 4. The molecular weight excluding hydrogens is 366 g/mol. The molecule has 1 aliphatic rings. The summed E-state index contributed by atoms with van der Waals surface area (Å²) in [4.78, 5) is 26.4. The van der Waals surface area contributed by atoms with E-state index in [1.807, 2.05) is 42.2 Å². The predicted octanol–water partition coefficient (Wildman–Crippen LogP) is 1.94. The Hall–Kier alpha value is -2.42. The van der Waals surface area contributed by atoms with Gasteiger partial charge in [0.15, 0.2) is 0 Å². The van der Waals surface area contributed by atoms with Gasteiger partial charge in [0.05, 0.1) is 23.5 Å². The Morgan fingerprint density at radius 3 is 2.63 bits per heavy atom. The number of piperidine rings is 1. The molecule has 1 aromatic carbocycles. The minimum atomic E-state index is -0.322. The molecule has 1 atom stereocenters. The molecule has 0 radical (unpaired) electrons. The van der Waals surface area contributed by atoms with E-state index >= 15 is 0 Å². The fourth-order valence-electron chi connectivity index (χ4n) is 3.04. The second-order valence-electron chi connectivity index (χ2n) is 6.32. The normalized spacial score (nSPS) is 16.1. The summed E-state index contributed by atoms with van der Waals surface area (Å²) in [5.74, 6) is -0.235. The van der Waals surface area contributed by atoms with Crippen LogP contribution >= 0.6 is 11.8 Å². The molecule has 1 fully saturated rings. The number of carbonyl (C=O) groups is 2. The Kier molecular flexibility index (Phi) is 6.44. The van der Waals surface area contributed by atoms with Crippen molar-refractivity contribution in [2.45, 2.75) is 37.1 Å². The predicted molar refractivity (Wildman–Crippen MR) is 100 cm³/mol. The SMILES string of the molecule is CCOC(=O)C1CCN(C(=O)C(C)Sc2nnnn2-c2ccccc2)CC1. The summed E-state index contributed by atoms with van der Waals surface area (Å²) in [7, 11) is 0. The van der Waals surface area contributed by atoms with Gasteiger partial charge in [0, 0.05) is 13.1 Å². The summed E-state index contributed by atoms with van der Waals surface area (Å²) in [6.07, 6.45) is 1.29. The molecule has 8 nitrogen and oxygen atoms in total. The van der Waals surface area contributed by atoms with Crippen molar-refractivity contribution in [3.05, 3.63) is 30.3 Å². The van der Waals surface area contributed by atoms with Crippen molar-refractivity contribution in [3.8, 4) is 5.69 Å². The van der Waals surface area contributed by atoms with Crippen molar-refractivity contribution in [1.29, 1.82) is 0 Å². The number of amides is 1. The third-order valence-electron chi connectivity index (χ3n) is 4.50. The average molecular weight is 389 g/mol. The maximum atomic E-state index is 12.8. The molecule has 0 spiro atoms. The number of rotatable bonds is 6. The van der Waals surface area contributed by atoms with Crippen LogP contribution in [0.4, 0.5) is 0 Å². The van der Waals surface area contributed by atoms with Crippen molar-refractivity contribution < 1.29 is 14.3 Å². The minimum absolute atomic E-state index is 0.0323. The van der Waals surface area contributed by atoms with Crippen molar-refractivity contribution in [3.63, 3.8) is 0 Å². The Morgan fingerprint density at radius 1 is 1.26 bits per heavy atom. The first-order valence-corrected chi connectivity index (χ1v) is 9.94. The lowest BCUT2D eigenvalue weighted by atomic mass is 9.97. The zero-order valence-electron chi connectivity index (χ0n) is 15.4. The number of ether oxygens (including phenoxy) is 1. The number of benzene rings is 1. The van der Waals surface area contributed by atoms with E-state index in [1.165, 1.54) is 11.8 Å². The topological polar surface area (TPSA) is 90.2 Å². The van der Waals surface area contributed by atoms with Crippen LogP contribution in [0.25, 0.3) is 5.69 Å². The van der Waals surface area contributed by atoms with Gasteiger partial charge >= 0.3 is 5.97 Å². The summed E-state index contributed by atoms with van der Waals surface area (Å²) in [5.41, 5.74) is 0.847. The number of nitrogens with zero attached hydrogens (tertiary/aromatic N) is 5. The van der Waals surface area contributed by atoms with Gasteiger partial charge in [-0.25, -0.2) is 0 Å². The highest BCUT2D eigenvalue weighted by Gasteiger charge is 2.31. The van der Waals surface area contributed by atoms with E-state index in [2.05, 4.69) is 15.5 Å². The van der Waals surface area contributed by atoms with Crippen molar-refractivity contribution >= 4 is 23.6 Å². The van der Waals surface area contributed by atoms with Crippen molar-refractivity contribution in [2.24, 2.45) is 5.92 Å². The highest BCUT2D eigenvalue weighted by Crippen LogP contribution is 2.26. The number of hydrogen-bond acceptors (Lipinski definition) is 7. The Balaban J connectivity index is 1.58. The monoisotopic (exact) mass is 389 g/mol. The van der Waals surface area contributed by atoms with Gasteiger partial charge in [-0.1, -0.05) is 30.0 Å². The first-order chi connectivity index (χ1) is 13.1. The van der Waals surface area contributed by atoms with E-state index in [1.54, 1.807) is 11.6 Å². The molecule has 1 saturated heterocycles. The fourth-order valence-corrected chi connectivity index (χ4v) is 3.94. The van der Waals surface area contributed by atoms with Gasteiger partial charge in [-0.05, 0) is 49.2 Å². The number of likely N-dealkylation sites (tertiary alicyclic amines) is 1. The number of hydrogen-bond donors (Lipinski definition) is 0. The van der Waals surface area contributed by atoms with Crippen LogP contribution in [-0.4, -0.2) is 61.9 Å². The van der Waals surface area contributed by atoms with Gasteiger partial charge in [0.25, 0.3) is 0 Å². The van der Waals surface area contributed by atoms with Crippen LogP contribution in [-0.2, 0) is 14.3 Å². The second-order valence-corrected chi connectivity index (χ2v) is 7.63. The van der Waals surface area contributed by atoms with Crippen LogP contribution in [0, 0.1) is 5.92 Å². The number of carbonyl (C=O) groups excluding carboxylic acids is 2. The molecule has 1 aromatic heterocycles. The van der Waals surface area contributed by atoms with E-state index in [-0.39, 0.29) is 23.0 Å². The number of tetrazole rings is 1. The van der Waals surface area contributed by atoms with E-state index in [9.17, 15) is 9.59 Å². The van der Waals surface area contributed by atoms with Gasteiger partial charge in [0.1, 0.15) is 0 Å². The molecule has 2 heterocycles. The van der Waals surface area contributed by atoms with Crippen molar-refractivity contribution in [2.75, 3.05) is 19.7 Å². The van der Waals surface area contributed by atoms with Gasteiger partial charge in [0.2, 0.25) is 11.1 Å². The summed E-state index contributed by atoms with van der Waals surface area (Å²) >= 11 is 1.33. The molecule has 2 aromatic rings. The molecule has 0 saturated carbocycles. The average Bonchev–Trinajstić information content (AvgIpc) is 3.16. The summed E-state index contributed by atoms with van der Waals surface area (Å²) in [6, 6.07) is 9.56. The molecule has 0 aliphatic carbocycles. The Morgan fingerprint density at radius 2 is 1.96 bits per heavy atom. The van der Waals surface area contributed by atoms with E-state index < -0.39 is 0 Å². The summed E-state index contributed by atoms with van der Waals surface area (Å²) < 4.78 is 6.70. The van der Waals surface area contributed by atoms with Crippen LogP contribution in [0.2, 0.25) is 0 Å². The van der Waals surface area contributed by atoms with Crippen LogP contribution < -0.4 is 0 Å². The fraction of sp³-hybridized carbons (Fsp3) is 0.500. The van der Waals surface area contributed by atoms with E-state index in [0.29, 0.717) is 37.7 Å². The first kappa shape index (κ1) is 19.3. The molecule has 3 rings (SSSR count). The van der Waals surface area contributed by atoms with Crippen LogP contribution in [0.1, 0.15) is 26.7 Å². The molecule has 27 heavy (non-hydrogen) atoms. The summed E-state index contributed by atoms with van der Waals surface area (Å²) in [6.45, 7) is 5.18. The van der Waals surface area contributed by atoms with Gasteiger partial charge in [-0.15, -0.1) is 5.10 Å². The molecule has 1 aliphatic heterocycles. The standard InChI is InChI=1S/C18H23N5O3S/c1-3-26-17(25)14-9-11-22(12-10-14)16(24)13(2)27-18-19-20-21-23(18)15-7-5-4-6-8-15/h4-8,13-14H,3,9-12H2,1-2H3. The third kappa shape index (κ3) is 4.65. The Bertz CT molecular complexity index is 774. The molecule has 1 amide bonds. The Labute approximate surface area is 162 Å². The van der Waals surface area contributed by atoms with Crippen LogP contribution in [0.5, 0.6) is 0 Å². The molecule has 0 bridgehead atoms. The number of esters is 1. The van der Waals surface area contributed by atoms with E-state index in [0.717, 1.165) is 5.69 Å². The van der Waals surface area contributed by atoms with Crippen LogP contribution in [0.15, 0.2) is 35.5 Å². The lowest BCUT2D eigenvalue weighted by molar-refractivity contribution is -0.151. The third-order valence-corrected chi connectivity index (χ3v) is 5.52. The van der Waals surface area contributed by atoms with Gasteiger partial charge in [-0.3, -0.25) is 9.59 Å². The molecule has 144 valence electrons. The first-order valence-electron chi connectivity index (χ1n) is 9.06. The highest BCUT2D eigenvalue weighted by molar-refractivity contribution is 8.00. The lowest BCUT2D eigenvalue weighted by Crippen LogP contribution is -2.43. The molecule has 9 heteroatoms. The zero-order valence-corrected chi connectivity index (χ0v) is 16.3. The summed E-state index contributed by atoms with van der Waals surface area (Å²) in [5, 5.41) is 12.1. The minimum Gasteiger partial charge on any atom is -0.466 e. The van der Waals surface area contributed by atoms with E-state index in [4.69, 9.17) is 4.74 Å². The van der Waals surface area contributed by atoms with Crippen molar-refractivity contribution in [1.82, 2.24) is 25.1 Å². The number of thioether (sulfide) groups is 1. The van der Waals surface area contributed by atoms with Gasteiger partial charge < -0.3 is 9.64 Å². The number of para-hydroxylation sites is 1. The smallest absolute Gasteiger partial charge is 0.309 e. The maximum absolute atomic E-state index is 12.8. The molecular formula is C18H23N5O3S. The van der Waals surface area contributed by atoms with Crippen LogP contribution in [0.3, 0.4) is 0 Å². The highest BCUT2D eigenvalue weighted by atomic mass is 32.2. The molecule has 0 N–H and O–H groups in total. The largest absolute Gasteiger partial charge is 0.466 e. The maximum Gasteiger partial charge on any atom is 0.309 e. The second kappa shape index (κ2) is 8.98. The quantitative estimate of drug-likeness (QED) is 0.551.